The maximum atomic E-state index is 10.8. The summed E-state index contributed by atoms with van der Waals surface area (Å²) in [5, 5.41) is 0. The van der Waals surface area contributed by atoms with E-state index in [9.17, 15) is 4.79 Å². The van der Waals surface area contributed by atoms with Crippen molar-refractivity contribution in [3.63, 3.8) is 0 Å². The van der Waals surface area contributed by atoms with E-state index in [-0.39, 0.29) is 11.9 Å². The molecule has 0 saturated carbocycles. The average Bonchev–Trinajstić information content (AvgIpc) is 2.35. The topological polar surface area (TPSA) is 70.5 Å². The van der Waals surface area contributed by atoms with Crippen molar-refractivity contribution in [2.24, 2.45) is 0 Å². The highest BCUT2D eigenvalue weighted by atomic mass is 16.5. The van der Waals surface area contributed by atoms with Gasteiger partial charge in [-0.05, 0) is 5.92 Å². The minimum atomic E-state index is -0.641. The Balaban J connectivity index is 3.03. The number of rotatable bonds is 2. The Bertz CT molecular complexity index is 448. The summed E-state index contributed by atoms with van der Waals surface area (Å²) in [6.45, 7) is 0. The van der Waals surface area contributed by atoms with E-state index in [4.69, 9.17) is 9.47 Å². The highest BCUT2D eigenvalue weighted by Crippen LogP contribution is 2.15. The van der Waals surface area contributed by atoms with Crippen molar-refractivity contribution < 1.29 is 19.0 Å². The van der Waals surface area contributed by atoms with Gasteiger partial charge in [-0.2, -0.15) is 4.98 Å². The molecule has 0 aliphatic rings. The monoisotopic (exact) mass is 222 g/mol. The van der Waals surface area contributed by atoms with Crippen molar-refractivity contribution in [2.75, 3.05) is 21.3 Å². The number of hydrogen-bond acceptors (Lipinski definition) is 6. The number of ether oxygens (including phenoxy) is 3. The van der Waals surface area contributed by atoms with Crippen LogP contribution in [0.3, 0.4) is 0 Å². The van der Waals surface area contributed by atoms with Crippen molar-refractivity contribution in [3.8, 4) is 23.7 Å². The molecule has 84 valence electrons. The van der Waals surface area contributed by atoms with Crippen molar-refractivity contribution in [1.29, 1.82) is 0 Å². The van der Waals surface area contributed by atoms with Gasteiger partial charge in [0, 0.05) is 5.92 Å². The van der Waals surface area contributed by atoms with Crippen molar-refractivity contribution in [2.45, 2.75) is 0 Å². The minimum Gasteiger partial charge on any atom is -0.480 e. The van der Waals surface area contributed by atoms with Gasteiger partial charge >= 0.3 is 12.0 Å². The Morgan fingerprint density at radius 2 is 2.06 bits per heavy atom. The molecule has 0 spiro atoms. The Hall–Kier alpha value is -2.29. The van der Waals surface area contributed by atoms with Gasteiger partial charge in [-0.15, -0.1) is 0 Å². The fraction of sp³-hybridized carbons (Fsp3) is 0.300. The predicted molar refractivity (Wildman–Crippen MR) is 54.0 cm³/mol. The summed E-state index contributed by atoms with van der Waals surface area (Å²) >= 11 is 0. The first-order chi connectivity index (χ1) is 7.71. The van der Waals surface area contributed by atoms with Crippen molar-refractivity contribution in [3.05, 3.63) is 11.8 Å². The quantitative estimate of drug-likeness (QED) is 0.519. The van der Waals surface area contributed by atoms with E-state index in [1.54, 1.807) is 0 Å². The molecule has 1 heterocycles. The van der Waals surface area contributed by atoms with Gasteiger partial charge in [-0.3, -0.25) is 0 Å². The van der Waals surface area contributed by atoms with E-state index in [0.717, 1.165) is 0 Å². The van der Waals surface area contributed by atoms with E-state index >= 15 is 0 Å². The summed E-state index contributed by atoms with van der Waals surface area (Å²) in [7, 11) is 4.12. The van der Waals surface area contributed by atoms with Crippen LogP contribution >= 0.6 is 0 Å². The Labute approximate surface area is 92.6 Å². The maximum absolute atomic E-state index is 10.8. The molecule has 1 aromatic heterocycles. The molecule has 0 aromatic carbocycles. The zero-order valence-corrected chi connectivity index (χ0v) is 9.10. The van der Waals surface area contributed by atoms with E-state index < -0.39 is 5.97 Å². The van der Waals surface area contributed by atoms with Gasteiger partial charge in [0.25, 0.3) is 0 Å². The molecule has 0 bridgehead atoms. The third-order valence-electron chi connectivity index (χ3n) is 1.59. The van der Waals surface area contributed by atoms with Crippen LogP contribution in [0.1, 0.15) is 5.56 Å². The number of nitrogens with zero attached hydrogens (tertiary/aromatic N) is 2. The first-order valence-corrected chi connectivity index (χ1v) is 4.26. The van der Waals surface area contributed by atoms with Gasteiger partial charge in [-0.1, -0.05) is 0 Å². The standard InChI is InChI=1S/C10H10N2O4/c1-14-8(13)5-4-7-6-11-10(16-3)12-9(7)15-2/h6H,1-3H3. The molecule has 0 aliphatic carbocycles. The van der Waals surface area contributed by atoms with Crippen LogP contribution in [0.15, 0.2) is 6.20 Å². The second-order valence-electron chi connectivity index (χ2n) is 2.52. The number of carbonyl (C=O) groups excluding carboxylic acids is 1. The Morgan fingerprint density at radius 1 is 1.31 bits per heavy atom. The summed E-state index contributed by atoms with van der Waals surface area (Å²) in [5.74, 6) is 4.38. The van der Waals surface area contributed by atoms with Gasteiger partial charge in [0.2, 0.25) is 5.88 Å². The molecular weight excluding hydrogens is 212 g/mol. The largest absolute Gasteiger partial charge is 0.480 e. The van der Waals surface area contributed by atoms with E-state index in [2.05, 4.69) is 26.5 Å². The summed E-state index contributed by atoms with van der Waals surface area (Å²) in [5.41, 5.74) is 0.383. The Kier molecular flexibility index (Phi) is 4.09. The first-order valence-electron chi connectivity index (χ1n) is 4.26. The van der Waals surface area contributed by atoms with Crippen LogP contribution in [0.4, 0.5) is 0 Å². The fourth-order valence-corrected chi connectivity index (χ4v) is 0.860. The molecule has 0 N–H and O–H groups in total. The van der Waals surface area contributed by atoms with E-state index in [1.807, 2.05) is 0 Å². The summed E-state index contributed by atoms with van der Waals surface area (Å²) in [6, 6.07) is 0.167. The molecule has 0 atom stereocenters. The lowest BCUT2D eigenvalue weighted by molar-refractivity contribution is -0.133. The lowest BCUT2D eigenvalue weighted by Gasteiger charge is -2.02. The average molecular weight is 222 g/mol. The molecule has 6 heteroatoms. The van der Waals surface area contributed by atoms with Crippen molar-refractivity contribution >= 4 is 5.97 Å². The second-order valence-corrected chi connectivity index (χ2v) is 2.52. The summed E-state index contributed by atoms with van der Waals surface area (Å²) in [4.78, 5) is 18.6. The molecule has 0 amide bonds. The van der Waals surface area contributed by atoms with Crippen LogP contribution in [0.2, 0.25) is 0 Å². The molecule has 16 heavy (non-hydrogen) atoms. The van der Waals surface area contributed by atoms with Gasteiger partial charge in [0.05, 0.1) is 27.5 Å². The van der Waals surface area contributed by atoms with E-state index in [1.165, 1.54) is 27.5 Å². The maximum Gasteiger partial charge on any atom is 0.384 e. The molecule has 0 unspecified atom stereocenters. The van der Waals surface area contributed by atoms with Gasteiger partial charge < -0.3 is 14.2 Å². The molecule has 6 nitrogen and oxygen atoms in total. The van der Waals surface area contributed by atoms with Gasteiger partial charge in [-0.25, -0.2) is 9.78 Å². The highest BCUT2D eigenvalue weighted by molar-refractivity contribution is 5.89. The fourth-order valence-electron chi connectivity index (χ4n) is 0.860. The van der Waals surface area contributed by atoms with Crippen LogP contribution in [-0.2, 0) is 9.53 Å². The molecule has 1 rings (SSSR count). The summed E-state index contributed by atoms with van der Waals surface area (Å²) in [6.07, 6.45) is 1.40. The zero-order chi connectivity index (χ0) is 12.0. The molecule has 0 fully saturated rings. The normalized spacial score (nSPS) is 8.69. The number of aromatic nitrogens is 2. The highest BCUT2D eigenvalue weighted by Gasteiger charge is 2.05. The van der Waals surface area contributed by atoms with Gasteiger partial charge in [0.15, 0.2) is 0 Å². The van der Waals surface area contributed by atoms with Crippen LogP contribution in [0, 0.1) is 11.8 Å². The number of esters is 1. The van der Waals surface area contributed by atoms with Crippen LogP contribution in [-0.4, -0.2) is 37.3 Å². The molecular formula is C10H10N2O4. The summed E-state index contributed by atoms with van der Waals surface area (Å²) < 4.78 is 14.2. The third-order valence-corrected chi connectivity index (χ3v) is 1.59. The first kappa shape index (κ1) is 11.8. The molecule has 0 aliphatic heterocycles. The number of hydrogen-bond donors (Lipinski definition) is 0. The van der Waals surface area contributed by atoms with E-state index in [0.29, 0.717) is 5.56 Å². The third kappa shape index (κ3) is 2.85. The second kappa shape index (κ2) is 5.56. The Morgan fingerprint density at radius 3 is 2.62 bits per heavy atom. The molecule has 1 aromatic rings. The lowest BCUT2D eigenvalue weighted by Crippen LogP contribution is -1.99. The molecule has 0 radical (unpaired) electrons. The molecule has 0 saturated heterocycles. The van der Waals surface area contributed by atoms with Crippen LogP contribution in [0.25, 0.3) is 0 Å². The van der Waals surface area contributed by atoms with Crippen LogP contribution in [0.5, 0.6) is 11.9 Å². The number of carbonyl (C=O) groups is 1. The van der Waals surface area contributed by atoms with Crippen molar-refractivity contribution in [1.82, 2.24) is 9.97 Å². The zero-order valence-electron chi connectivity index (χ0n) is 9.10. The van der Waals surface area contributed by atoms with Gasteiger partial charge in [0.1, 0.15) is 5.56 Å². The van der Waals surface area contributed by atoms with Crippen LogP contribution < -0.4 is 9.47 Å². The SMILES string of the molecule is COC(=O)C#Cc1cnc(OC)nc1OC. The minimum absolute atomic E-state index is 0.167. The smallest absolute Gasteiger partial charge is 0.384 e. The number of methoxy groups -OCH3 is 3. The lowest BCUT2D eigenvalue weighted by atomic mass is 10.3. The predicted octanol–water partition coefficient (Wildman–Crippen LogP) is 0.0183.